The molecule has 0 bridgehead atoms. The van der Waals surface area contributed by atoms with E-state index in [9.17, 15) is 4.79 Å². The van der Waals surface area contributed by atoms with E-state index >= 15 is 0 Å². The summed E-state index contributed by atoms with van der Waals surface area (Å²) in [6.07, 6.45) is 0. The van der Waals surface area contributed by atoms with Crippen LogP contribution in [0.15, 0.2) is 36.4 Å². The fourth-order valence-corrected chi connectivity index (χ4v) is 1.68. The minimum Gasteiger partial charge on any atom is -0.437 e. The average Bonchev–Trinajstić information content (AvgIpc) is 2.49. The van der Waals surface area contributed by atoms with Crippen LogP contribution < -0.4 is 15.4 Å². The van der Waals surface area contributed by atoms with Crippen LogP contribution in [0.4, 0.5) is 0 Å². The Morgan fingerprint density at radius 3 is 2.60 bits per heavy atom. The Balaban J connectivity index is 2.16. The number of amides is 1. The predicted molar refractivity (Wildman–Crippen MR) is 74.7 cm³/mol. The Labute approximate surface area is 117 Å². The Morgan fingerprint density at radius 2 is 1.95 bits per heavy atom. The van der Waals surface area contributed by atoms with Crippen molar-refractivity contribution in [3.63, 3.8) is 0 Å². The lowest BCUT2D eigenvalue weighted by Gasteiger charge is -2.09. The molecule has 1 amide bonds. The summed E-state index contributed by atoms with van der Waals surface area (Å²) in [6.45, 7) is 0.694. The number of rotatable bonds is 5. The first-order valence-electron chi connectivity index (χ1n) is 6.20. The van der Waals surface area contributed by atoms with Crippen molar-refractivity contribution < 1.29 is 9.53 Å². The summed E-state index contributed by atoms with van der Waals surface area (Å²) in [5, 5.41) is 13.3. The SMILES string of the molecule is CNCc1ccccc1Oc1ccc(C(=O)NC)nn1. The number of nitrogens with zero attached hydrogens (tertiary/aromatic N) is 2. The van der Waals surface area contributed by atoms with E-state index in [0.29, 0.717) is 18.2 Å². The van der Waals surface area contributed by atoms with E-state index in [4.69, 9.17) is 4.74 Å². The number of ether oxygens (including phenoxy) is 1. The van der Waals surface area contributed by atoms with Gasteiger partial charge >= 0.3 is 0 Å². The van der Waals surface area contributed by atoms with Crippen LogP contribution in [-0.2, 0) is 6.54 Å². The van der Waals surface area contributed by atoms with Crippen molar-refractivity contribution in [2.45, 2.75) is 6.54 Å². The molecule has 0 aliphatic carbocycles. The Bertz CT molecular complexity index is 584. The highest BCUT2D eigenvalue weighted by atomic mass is 16.5. The quantitative estimate of drug-likeness (QED) is 0.859. The van der Waals surface area contributed by atoms with E-state index in [0.717, 1.165) is 5.56 Å². The van der Waals surface area contributed by atoms with Gasteiger partial charge in [-0.1, -0.05) is 18.2 Å². The number of hydrogen-bond acceptors (Lipinski definition) is 5. The summed E-state index contributed by atoms with van der Waals surface area (Å²) in [5.74, 6) is 0.782. The third kappa shape index (κ3) is 3.30. The van der Waals surface area contributed by atoms with Crippen molar-refractivity contribution in [3.05, 3.63) is 47.7 Å². The van der Waals surface area contributed by atoms with Gasteiger partial charge in [-0.15, -0.1) is 10.2 Å². The molecule has 0 saturated heterocycles. The first kappa shape index (κ1) is 14.0. The van der Waals surface area contributed by atoms with E-state index in [1.165, 1.54) is 0 Å². The monoisotopic (exact) mass is 272 g/mol. The number of para-hydroxylation sites is 1. The molecule has 0 radical (unpaired) electrons. The van der Waals surface area contributed by atoms with Crippen LogP contribution in [-0.4, -0.2) is 30.2 Å². The van der Waals surface area contributed by atoms with Crippen molar-refractivity contribution >= 4 is 5.91 Å². The van der Waals surface area contributed by atoms with Gasteiger partial charge in [-0.05, 0) is 19.2 Å². The van der Waals surface area contributed by atoms with Gasteiger partial charge in [-0.2, -0.15) is 0 Å². The predicted octanol–water partition coefficient (Wildman–Crippen LogP) is 1.35. The zero-order valence-electron chi connectivity index (χ0n) is 11.4. The van der Waals surface area contributed by atoms with Crippen molar-refractivity contribution in [1.82, 2.24) is 20.8 Å². The number of carbonyl (C=O) groups is 1. The molecular weight excluding hydrogens is 256 g/mol. The molecule has 1 aromatic carbocycles. The number of hydrogen-bond donors (Lipinski definition) is 2. The fourth-order valence-electron chi connectivity index (χ4n) is 1.68. The maximum Gasteiger partial charge on any atom is 0.271 e. The van der Waals surface area contributed by atoms with Crippen LogP contribution in [0.1, 0.15) is 16.1 Å². The molecule has 0 aliphatic heterocycles. The third-order valence-corrected chi connectivity index (χ3v) is 2.65. The molecular formula is C14H16N4O2. The van der Waals surface area contributed by atoms with Gasteiger partial charge < -0.3 is 15.4 Å². The maximum absolute atomic E-state index is 11.4. The molecule has 6 heteroatoms. The second-order valence-electron chi connectivity index (χ2n) is 4.08. The van der Waals surface area contributed by atoms with E-state index in [-0.39, 0.29) is 11.6 Å². The Hall–Kier alpha value is -2.47. The molecule has 1 aromatic heterocycles. The van der Waals surface area contributed by atoms with Gasteiger partial charge in [0, 0.05) is 25.2 Å². The topological polar surface area (TPSA) is 76.1 Å². The van der Waals surface area contributed by atoms with Crippen LogP contribution in [0.3, 0.4) is 0 Å². The summed E-state index contributed by atoms with van der Waals surface area (Å²) in [6, 6.07) is 10.9. The first-order valence-corrected chi connectivity index (χ1v) is 6.20. The average molecular weight is 272 g/mol. The number of carbonyl (C=O) groups excluding carboxylic acids is 1. The van der Waals surface area contributed by atoms with Crippen molar-refractivity contribution in [2.75, 3.05) is 14.1 Å². The minimum atomic E-state index is -0.278. The lowest BCUT2D eigenvalue weighted by Crippen LogP contribution is -2.19. The van der Waals surface area contributed by atoms with E-state index < -0.39 is 0 Å². The molecule has 2 aromatic rings. The normalized spacial score (nSPS) is 10.1. The Kier molecular flexibility index (Phi) is 4.62. The largest absolute Gasteiger partial charge is 0.437 e. The first-order chi connectivity index (χ1) is 9.74. The van der Waals surface area contributed by atoms with Crippen LogP contribution >= 0.6 is 0 Å². The zero-order valence-corrected chi connectivity index (χ0v) is 11.4. The fraction of sp³-hybridized carbons (Fsp3) is 0.214. The molecule has 2 rings (SSSR count). The Morgan fingerprint density at radius 1 is 1.15 bits per heavy atom. The van der Waals surface area contributed by atoms with E-state index in [2.05, 4.69) is 20.8 Å². The molecule has 2 N–H and O–H groups in total. The lowest BCUT2D eigenvalue weighted by atomic mass is 10.2. The van der Waals surface area contributed by atoms with Crippen molar-refractivity contribution in [2.24, 2.45) is 0 Å². The van der Waals surface area contributed by atoms with E-state index in [1.54, 1.807) is 19.2 Å². The van der Waals surface area contributed by atoms with Crippen LogP contribution in [0, 0.1) is 0 Å². The second-order valence-corrected chi connectivity index (χ2v) is 4.08. The van der Waals surface area contributed by atoms with Crippen LogP contribution in [0.25, 0.3) is 0 Å². The molecule has 1 heterocycles. The third-order valence-electron chi connectivity index (χ3n) is 2.65. The molecule has 0 saturated carbocycles. The van der Waals surface area contributed by atoms with Gasteiger partial charge in [0.15, 0.2) is 5.69 Å². The summed E-state index contributed by atoms with van der Waals surface area (Å²) in [7, 11) is 3.41. The van der Waals surface area contributed by atoms with Crippen molar-refractivity contribution in [3.8, 4) is 11.6 Å². The number of aromatic nitrogens is 2. The van der Waals surface area contributed by atoms with Gasteiger partial charge in [-0.25, -0.2) is 0 Å². The zero-order chi connectivity index (χ0) is 14.4. The summed E-state index contributed by atoms with van der Waals surface area (Å²) in [5.41, 5.74) is 1.27. The van der Waals surface area contributed by atoms with Crippen LogP contribution in [0.5, 0.6) is 11.6 Å². The maximum atomic E-state index is 11.4. The van der Waals surface area contributed by atoms with Crippen molar-refractivity contribution in [1.29, 1.82) is 0 Å². The molecule has 104 valence electrons. The van der Waals surface area contributed by atoms with Gasteiger partial charge in [0.25, 0.3) is 5.91 Å². The van der Waals surface area contributed by atoms with Crippen LogP contribution in [0.2, 0.25) is 0 Å². The number of nitrogens with one attached hydrogen (secondary N) is 2. The second kappa shape index (κ2) is 6.63. The van der Waals surface area contributed by atoms with Gasteiger partial charge in [-0.3, -0.25) is 4.79 Å². The number of benzene rings is 1. The highest BCUT2D eigenvalue weighted by Gasteiger charge is 2.08. The molecule has 0 spiro atoms. The molecule has 0 unspecified atom stereocenters. The molecule has 0 fully saturated rings. The summed E-state index contributed by atoms with van der Waals surface area (Å²) in [4.78, 5) is 11.4. The van der Waals surface area contributed by atoms with Gasteiger partial charge in [0.05, 0.1) is 0 Å². The summed E-state index contributed by atoms with van der Waals surface area (Å²) < 4.78 is 5.69. The van der Waals surface area contributed by atoms with Gasteiger partial charge in [0.2, 0.25) is 5.88 Å². The highest BCUT2D eigenvalue weighted by molar-refractivity contribution is 5.91. The smallest absolute Gasteiger partial charge is 0.271 e. The molecule has 0 aliphatic rings. The molecule has 6 nitrogen and oxygen atoms in total. The standard InChI is InChI=1S/C14H16N4O2/c1-15-9-10-5-3-4-6-12(10)20-13-8-7-11(17-18-13)14(19)16-2/h3-8,15H,9H2,1-2H3,(H,16,19). The summed E-state index contributed by atoms with van der Waals surface area (Å²) >= 11 is 0. The molecule has 0 atom stereocenters. The lowest BCUT2D eigenvalue weighted by molar-refractivity contribution is 0.0957. The van der Waals surface area contributed by atoms with E-state index in [1.807, 2.05) is 31.3 Å². The van der Waals surface area contributed by atoms with Gasteiger partial charge in [0.1, 0.15) is 5.75 Å². The highest BCUT2D eigenvalue weighted by Crippen LogP contribution is 2.23. The molecule has 20 heavy (non-hydrogen) atoms. The minimum absolute atomic E-state index is 0.253.